The van der Waals surface area contributed by atoms with Gasteiger partial charge in [-0.15, -0.1) is 5.10 Å². The van der Waals surface area contributed by atoms with E-state index < -0.39 is 6.17 Å². The van der Waals surface area contributed by atoms with Gasteiger partial charge in [-0.1, -0.05) is 74.8 Å². The third-order valence-electron chi connectivity index (χ3n) is 5.16. The zero-order valence-electron chi connectivity index (χ0n) is 18.0. The number of unbranched alkanes of at least 4 members (excludes halogenated alkanes) is 2. The number of hydrogen-bond acceptors (Lipinski definition) is 6. The van der Waals surface area contributed by atoms with Crippen molar-refractivity contribution in [1.82, 2.24) is 10.3 Å². The van der Waals surface area contributed by atoms with Crippen LogP contribution >= 0.6 is 11.8 Å². The highest BCUT2D eigenvalue weighted by atomic mass is 32.2. The third-order valence-corrected chi connectivity index (χ3v) is 6.11. The fraction of sp³-hybridized carbons (Fsp3) is 0.375. The van der Waals surface area contributed by atoms with Gasteiger partial charge in [0.05, 0.1) is 12.0 Å². The summed E-state index contributed by atoms with van der Waals surface area (Å²) in [4.78, 5) is 18.1. The Balaban J connectivity index is 1.78. The molecule has 0 saturated heterocycles. The van der Waals surface area contributed by atoms with E-state index in [1.807, 2.05) is 48.5 Å². The van der Waals surface area contributed by atoms with E-state index in [0.717, 1.165) is 46.9 Å². The smallest absolute Gasteiger partial charge is 0.276 e. The number of fused-ring (bicyclic) bond motifs is 2. The predicted molar refractivity (Wildman–Crippen MR) is 125 cm³/mol. The van der Waals surface area contributed by atoms with E-state index in [-0.39, 0.29) is 5.91 Å². The Kier molecular flexibility index (Phi) is 6.92. The zero-order valence-corrected chi connectivity index (χ0v) is 18.8. The number of carbonyl (C=O) groups is 1. The quantitative estimate of drug-likeness (QED) is 0.643. The van der Waals surface area contributed by atoms with Crippen LogP contribution in [0.25, 0.3) is 5.70 Å². The Morgan fingerprint density at radius 3 is 2.71 bits per heavy atom. The normalized spacial score (nSPS) is 17.3. The summed E-state index contributed by atoms with van der Waals surface area (Å²) in [5, 5.41) is 11.8. The van der Waals surface area contributed by atoms with E-state index in [2.05, 4.69) is 19.2 Å². The highest BCUT2D eigenvalue weighted by molar-refractivity contribution is 8.13. The first kappa shape index (κ1) is 21.4. The molecule has 1 amide bonds. The molecule has 6 nitrogen and oxygen atoms in total. The topological polar surface area (TPSA) is 66.3 Å². The third kappa shape index (κ3) is 4.61. The molecule has 0 unspecified atom stereocenters. The van der Waals surface area contributed by atoms with Crippen LogP contribution in [0.5, 0.6) is 5.75 Å². The van der Waals surface area contributed by atoms with E-state index in [1.165, 1.54) is 6.42 Å². The lowest BCUT2D eigenvalue weighted by atomic mass is 10.1. The van der Waals surface area contributed by atoms with Crippen molar-refractivity contribution in [2.45, 2.75) is 45.7 Å². The van der Waals surface area contributed by atoms with E-state index in [0.29, 0.717) is 17.5 Å². The maximum atomic E-state index is 13.2. The highest BCUT2D eigenvalue weighted by Crippen LogP contribution is 2.35. The molecule has 162 valence electrons. The molecule has 0 saturated carbocycles. The molecule has 7 heteroatoms. The molecule has 2 aliphatic rings. The molecule has 0 bridgehead atoms. The summed E-state index contributed by atoms with van der Waals surface area (Å²) in [5.74, 6) is 1.55. The summed E-state index contributed by atoms with van der Waals surface area (Å²) in [7, 11) is 0. The van der Waals surface area contributed by atoms with Gasteiger partial charge in [0.25, 0.3) is 5.91 Å². The lowest BCUT2D eigenvalue weighted by molar-refractivity contribution is -0.116. The highest BCUT2D eigenvalue weighted by Gasteiger charge is 2.35. The van der Waals surface area contributed by atoms with Gasteiger partial charge in [0, 0.05) is 16.5 Å². The number of hydrogen-bond donors (Lipinski definition) is 1. The van der Waals surface area contributed by atoms with Crippen LogP contribution < -0.4 is 20.6 Å². The molecule has 4 rings (SSSR count). The van der Waals surface area contributed by atoms with Gasteiger partial charge in [0.2, 0.25) is 0 Å². The fourth-order valence-corrected chi connectivity index (χ4v) is 4.51. The Bertz CT molecular complexity index is 1100. The van der Waals surface area contributed by atoms with Crippen LogP contribution in [0.4, 0.5) is 0 Å². The first-order valence-corrected chi connectivity index (χ1v) is 11.9. The van der Waals surface area contributed by atoms with Crippen LogP contribution in [0.15, 0.2) is 58.6 Å². The van der Waals surface area contributed by atoms with Gasteiger partial charge in [0.1, 0.15) is 11.4 Å². The molecule has 2 aromatic carbocycles. The average Bonchev–Trinajstić information content (AvgIpc) is 2.80. The molecule has 2 aromatic rings. The molecule has 2 heterocycles. The lowest BCUT2D eigenvalue weighted by Crippen LogP contribution is -2.50. The molecular weight excluding hydrogens is 408 g/mol. The largest absolute Gasteiger partial charge is 0.493 e. The van der Waals surface area contributed by atoms with Gasteiger partial charge in [-0.3, -0.25) is 15.1 Å². The van der Waals surface area contributed by atoms with Gasteiger partial charge in [-0.2, -0.15) is 0 Å². The van der Waals surface area contributed by atoms with Crippen molar-refractivity contribution in [3.63, 3.8) is 0 Å². The predicted octanol–water partition coefficient (Wildman–Crippen LogP) is 3.54. The number of rotatable bonds is 8. The van der Waals surface area contributed by atoms with Crippen LogP contribution in [-0.4, -0.2) is 28.4 Å². The summed E-state index contributed by atoms with van der Waals surface area (Å²) in [6.45, 7) is 4.89. The van der Waals surface area contributed by atoms with Crippen LogP contribution in [0.3, 0.4) is 0 Å². The van der Waals surface area contributed by atoms with Crippen LogP contribution in [0.2, 0.25) is 0 Å². The summed E-state index contributed by atoms with van der Waals surface area (Å²) >= 11 is 1.58. The Morgan fingerprint density at radius 1 is 1.06 bits per heavy atom. The first-order valence-electron chi connectivity index (χ1n) is 10.9. The van der Waals surface area contributed by atoms with Gasteiger partial charge < -0.3 is 4.74 Å². The van der Waals surface area contributed by atoms with Crippen LogP contribution in [0.1, 0.15) is 51.3 Å². The van der Waals surface area contributed by atoms with Crippen LogP contribution in [0, 0.1) is 0 Å². The van der Waals surface area contributed by atoms with Crippen molar-refractivity contribution in [3.8, 4) is 5.75 Å². The van der Waals surface area contributed by atoms with E-state index in [9.17, 15) is 4.79 Å². The molecule has 0 radical (unpaired) electrons. The Hall–Kier alpha value is -2.80. The van der Waals surface area contributed by atoms with Crippen molar-refractivity contribution in [1.29, 1.82) is 0 Å². The summed E-state index contributed by atoms with van der Waals surface area (Å²) in [5.41, 5.74) is 1.43. The number of thioether (sulfide) groups is 1. The summed E-state index contributed by atoms with van der Waals surface area (Å²) in [6, 6.07) is 15.6. The molecule has 0 fully saturated rings. The van der Waals surface area contributed by atoms with E-state index >= 15 is 0 Å². The average molecular weight is 437 g/mol. The number of amides is 1. The van der Waals surface area contributed by atoms with Gasteiger partial charge in [-0.25, -0.2) is 5.01 Å². The monoisotopic (exact) mass is 436 g/mol. The maximum Gasteiger partial charge on any atom is 0.276 e. The number of benzene rings is 2. The minimum Gasteiger partial charge on any atom is -0.493 e. The zero-order chi connectivity index (χ0) is 21.6. The number of nitrogens with one attached hydrogen (secondary N) is 1. The maximum absolute atomic E-state index is 13.2. The van der Waals surface area contributed by atoms with E-state index in [1.54, 1.807) is 16.8 Å². The SMILES string of the molecule is CCCCCSC1=NN2C(=c3ccccc3=N[C@@H]2c2ccccc2OCCC)C(=O)N1. The number of carbonyl (C=O) groups excluding carboxylic acids is 1. The second-order valence-corrected chi connectivity index (χ2v) is 8.60. The van der Waals surface area contributed by atoms with Crippen molar-refractivity contribution < 1.29 is 9.53 Å². The summed E-state index contributed by atoms with van der Waals surface area (Å²) < 4.78 is 6.00. The van der Waals surface area contributed by atoms with Crippen molar-refractivity contribution >= 4 is 28.5 Å². The molecule has 1 N–H and O–H groups in total. The van der Waals surface area contributed by atoms with Gasteiger partial charge >= 0.3 is 0 Å². The van der Waals surface area contributed by atoms with Crippen molar-refractivity contribution in [2.75, 3.05) is 12.4 Å². The molecule has 0 aliphatic carbocycles. The number of amidine groups is 1. The van der Waals surface area contributed by atoms with Gasteiger partial charge in [0.15, 0.2) is 11.3 Å². The molecule has 2 aliphatic heterocycles. The second-order valence-electron chi connectivity index (χ2n) is 7.51. The number of ether oxygens (including phenoxy) is 1. The van der Waals surface area contributed by atoms with Crippen LogP contribution in [-0.2, 0) is 4.79 Å². The van der Waals surface area contributed by atoms with Crippen molar-refractivity contribution in [3.05, 3.63) is 64.7 Å². The van der Waals surface area contributed by atoms with E-state index in [4.69, 9.17) is 14.8 Å². The Labute approximate surface area is 187 Å². The molecule has 31 heavy (non-hydrogen) atoms. The number of nitrogens with zero attached hydrogens (tertiary/aromatic N) is 3. The molecule has 1 atom stereocenters. The van der Waals surface area contributed by atoms with Gasteiger partial charge in [-0.05, 0) is 25.0 Å². The fourth-order valence-electron chi connectivity index (χ4n) is 3.65. The second kappa shape index (κ2) is 10.0. The number of para-hydroxylation sites is 2. The van der Waals surface area contributed by atoms with Crippen molar-refractivity contribution in [2.24, 2.45) is 10.1 Å². The first-order chi connectivity index (χ1) is 15.2. The molecule has 0 spiro atoms. The summed E-state index contributed by atoms with van der Waals surface area (Å²) in [6.07, 6.45) is 3.88. The minimum absolute atomic E-state index is 0.146. The molecular formula is C24H28N4O2S. The minimum atomic E-state index is -0.463. The number of hydrazone groups is 1. The standard InChI is InChI=1S/C24H28N4O2S/c1-3-5-10-16-31-24-26-23(29)21-17-11-6-8-13-19(17)25-22(28(21)27-24)18-12-7-9-14-20(18)30-15-4-2/h6-9,11-14,22H,3-5,10,15-16H2,1-2H3,(H,26,27,29)/t22-/m0/s1. The Morgan fingerprint density at radius 2 is 1.87 bits per heavy atom. The lowest BCUT2D eigenvalue weighted by Gasteiger charge is -2.34. The molecule has 0 aromatic heterocycles.